The monoisotopic (exact) mass is 420 g/mol. The summed E-state index contributed by atoms with van der Waals surface area (Å²) in [5.74, 6) is 0.824. The molecule has 5 nitrogen and oxygen atoms in total. The normalized spacial score (nSPS) is 16.8. The van der Waals surface area contributed by atoms with Crippen LogP contribution in [0.4, 0.5) is 19.0 Å². The summed E-state index contributed by atoms with van der Waals surface area (Å²) in [6.45, 7) is 0.930. The topological polar surface area (TPSA) is 51.1 Å². The minimum atomic E-state index is -4.58. The number of alkyl halides is 3. The van der Waals surface area contributed by atoms with E-state index in [2.05, 4.69) is 15.0 Å². The molecule has 0 radical (unpaired) electrons. The Balaban J connectivity index is 1.59. The van der Waals surface area contributed by atoms with E-state index in [1.165, 1.54) is 12.4 Å². The molecule has 1 aliphatic heterocycles. The maximum absolute atomic E-state index is 13.4. The highest BCUT2D eigenvalue weighted by Gasteiger charge is 2.35. The van der Waals surface area contributed by atoms with Crippen molar-refractivity contribution in [2.24, 2.45) is 0 Å². The first-order valence-corrected chi connectivity index (χ1v) is 9.30. The maximum Gasteiger partial charge on any atom is 0.433 e. The first-order chi connectivity index (χ1) is 13.9. The summed E-state index contributed by atoms with van der Waals surface area (Å²) in [5, 5.41) is 0.559. The van der Waals surface area contributed by atoms with Crippen molar-refractivity contribution in [1.82, 2.24) is 15.0 Å². The molecule has 1 unspecified atom stereocenters. The van der Waals surface area contributed by atoms with Crippen molar-refractivity contribution in [3.63, 3.8) is 0 Å². The predicted octanol–water partition coefficient (Wildman–Crippen LogP) is 4.87. The van der Waals surface area contributed by atoms with E-state index in [9.17, 15) is 13.2 Å². The molecule has 3 aromatic rings. The minimum absolute atomic E-state index is 0.0119. The van der Waals surface area contributed by atoms with Gasteiger partial charge in [0.2, 0.25) is 0 Å². The van der Waals surface area contributed by atoms with E-state index in [1.807, 2.05) is 0 Å². The van der Waals surface area contributed by atoms with Gasteiger partial charge < -0.3 is 9.64 Å². The molecule has 1 atom stereocenters. The lowest BCUT2D eigenvalue weighted by Crippen LogP contribution is -2.26. The van der Waals surface area contributed by atoms with Gasteiger partial charge in [0.25, 0.3) is 0 Å². The molecule has 2 aromatic heterocycles. The zero-order valence-corrected chi connectivity index (χ0v) is 15.9. The molecule has 0 spiro atoms. The number of hydrogen-bond donors (Lipinski definition) is 0. The van der Waals surface area contributed by atoms with Crippen LogP contribution in [0.3, 0.4) is 0 Å². The summed E-state index contributed by atoms with van der Waals surface area (Å²) in [6.07, 6.45) is -1.13. The first-order valence-electron chi connectivity index (χ1n) is 8.92. The molecule has 150 valence electrons. The predicted molar refractivity (Wildman–Crippen MR) is 103 cm³/mol. The van der Waals surface area contributed by atoms with Crippen molar-refractivity contribution in [3.05, 3.63) is 65.6 Å². The van der Waals surface area contributed by atoms with Crippen molar-refractivity contribution >= 4 is 17.4 Å². The van der Waals surface area contributed by atoms with Gasteiger partial charge >= 0.3 is 6.18 Å². The fourth-order valence-electron chi connectivity index (χ4n) is 3.13. The Bertz CT molecular complexity index is 1000. The summed E-state index contributed by atoms with van der Waals surface area (Å²) < 4.78 is 46.1. The zero-order valence-electron chi connectivity index (χ0n) is 15.1. The van der Waals surface area contributed by atoms with E-state index < -0.39 is 11.9 Å². The van der Waals surface area contributed by atoms with Crippen molar-refractivity contribution in [2.75, 3.05) is 18.0 Å². The fraction of sp³-hybridized carbons (Fsp3) is 0.250. The van der Waals surface area contributed by atoms with Crippen LogP contribution >= 0.6 is 11.6 Å². The number of nitrogens with zero attached hydrogens (tertiary/aromatic N) is 4. The van der Waals surface area contributed by atoms with Crippen LogP contribution in [0.1, 0.15) is 12.1 Å². The number of rotatable bonds is 4. The minimum Gasteiger partial charge on any atom is -0.488 e. The van der Waals surface area contributed by atoms with Crippen molar-refractivity contribution in [2.45, 2.75) is 18.7 Å². The maximum atomic E-state index is 13.4. The van der Waals surface area contributed by atoms with Crippen LogP contribution in [0.25, 0.3) is 11.4 Å². The standard InChI is InChI=1S/C20H16ClF3N4O/c21-14-4-1-5-15(9-14)29-16-6-8-28(12-16)18-10-17(20(22,23)24)26-19(27-18)13-3-2-7-25-11-13/h1-5,7,9-11,16H,6,8,12H2. The van der Waals surface area contributed by atoms with Crippen LogP contribution in [-0.4, -0.2) is 34.1 Å². The smallest absolute Gasteiger partial charge is 0.433 e. The highest BCUT2D eigenvalue weighted by molar-refractivity contribution is 6.30. The summed E-state index contributed by atoms with van der Waals surface area (Å²) in [4.78, 5) is 13.8. The highest BCUT2D eigenvalue weighted by atomic mass is 35.5. The fourth-order valence-corrected chi connectivity index (χ4v) is 3.31. The van der Waals surface area contributed by atoms with Gasteiger partial charge in [0.1, 0.15) is 17.7 Å². The Morgan fingerprint density at radius 3 is 2.69 bits per heavy atom. The lowest BCUT2D eigenvalue weighted by molar-refractivity contribution is -0.141. The lowest BCUT2D eigenvalue weighted by Gasteiger charge is -2.20. The molecule has 1 aliphatic rings. The van der Waals surface area contributed by atoms with Gasteiger partial charge in [-0.15, -0.1) is 0 Å². The summed E-state index contributed by atoms with van der Waals surface area (Å²) in [7, 11) is 0. The summed E-state index contributed by atoms with van der Waals surface area (Å²) in [5.41, 5.74) is -0.564. The molecule has 0 aliphatic carbocycles. The highest BCUT2D eigenvalue weighted by Crippen LogP contribution is 2.33. The summed E-state index contributed by atoms with van der Waals surface area (Å²) in [6, 6.07) is 11.3. The molecular weight excluding hydrogens is 405 g/mol. The van der Waals surface area contributed by atoms with Gasteiger partial charge in [-0.05, 0) is 30.3 Å². The second-order valence-electron chi connectivity index (χ2n) is 6.61. The van der Waals surface area contributed by atoms with Crippen LogP contribution in [0, 0.1) is 0 Å². The van der Waals surface area contributed by atoms with E-state index in [0.717, 1.165) is 6.07 Å². The Labute approximate surface area is 170 Å². The van der Waals surface area contributed by atoms with Crippen molar-refractivity contribution < 1.29 is 17.9 Å². The van der Waals surface area contributed by atoms with Crippen LogP contribution in [0.5, 0.6) is 5.75 Å². The van der Waals surface area contributed by atoms with Crippen molar-refractivity contribution in [1.29, 1.82) is 0 Å². The SMILES string of the molecule is FC(F)(F)c1cc(N2CCC(Oc3cccc(Cl)c3)C2)nc(-c2cccnc2)n1. The number of benzene rings is 1. The van der Waals surface area contributed by atoms with E-state index in [4.69, 9.17) is 16.3 Å². The molecule has 4 rings (SSSR count). The molecule has 0 N–H and O–H groups in total. The lowest BCUT2D eigenvalue weighted by atomic mass is 10.2. The van der Waals surface area contributed by atoms with E-state index in [-0.39, 0.29) is 17.7 Å². The Morgan fingerprint density at radius 1 is 1.10 bits per heavy atom. The summed E-state index contributed by atoms with van der Waals surface area (Å²) >= 11 is 5.97. The molecule has 0 saturated carbocycles. The van der Waals surface area contributed by atoms with Crippen LogP contribution in [0.2, 0.25) is 5.02 Å². The third-order valence-electron chi connectivity index (χ3n) is 4.49. The molecule has 9 heteroatoms. The molecule has 0 amide bonds. The Kier molecular flexibility index (Phi) is 5.27. The molecule has 0 bridgehead atoms. The quantitative estimate of drug-likeness (QED) is 0.602. The number of pyridine rings is 1. The number of aromatic nitrogens is 3. The van der Waals surface area contributed by atoms with Crippen LogP contribution < -0.4 is 9.64 Å². The number of hydrogen-bond acceptors (Lipinski definition) is 5. The Hall–Kier alpha value is -2.87. The average Bonchev–Trinajstić information content (AvgIpc) is 3.16. The van der Waals surface area contributed by atoms with Gasteiger partial charge in [-0.2, -0.15) is 13.2 Å². The molecule has 3 heterocycles. The molecule has 1 saturated heterocycles. The van der Waals surface area contributed by atoms with Gasteiger partial charge in [-0.1, -0.05) is 17.7 Å². The molecule has 1 fully saturated rings. The zero-order chi connectivity index (χ0) is 20.4. The second kappa shape index (κ2) is 7.87. The van der Waals surface area contributed by atoms with Gasteiger partial charge in [-0.3, -0.25) is 4.98 Å². The van der Waals surface area contributed by atoms with Crippen molar-refractivity contribution in [3.8, 4) is 17.1 Å². The van der Waals surface area contributed by atoms with Crippen LogP contribution in [0.15, 0.2) is 54.9 Å². The number of ether oxygens (including phenoxy) is 1. The molecule has 29 heavy (non-hydrogen) atoms. The van der Waals surface area contributed by atoms with E-state index >= 15 is 0 Å². The molecule has 1 aromatic carbocycles. The third kappa shape index (κ3) is 4.59. The Morgan fingerprint density at radius 2 is 1.97 bits per heavy atom. The van der Waals surface area contributed by atoms with Gasteiger partial charge in [0.15, 0.2) is 11.5 Å². The average molecular weight is 421 g/mol. The first kappa shape index (κ1) is 19.4. The van der Waals surface area contributed by atoms with Gasteiger partial charge in [0, 0.05) is 42.0 Å². The third-order valence-corrected chi connectivity index (χ3v) is 4.73. The second-order valence-corrected chi connectivity index (χ2v) is 7.04. The largest absolute Gasteiger partial charge is 0.488 e. The van der Waals surface area contributed by atoms with E-state index in [0.29, 0.717) is 35.8 Å². The number of anilines is 1. The van der Waals surface area contributed by atoms with Gasteiger partial charge in [0.05, 0.1) is 6.54 Å². The van der Waals surface area contributed by atoms with E-state index in [1.54, 1.807) is 41.3 Å². The number of halogens is 4. The van der Waals surface area contributed by atoms with Crippen LogP contribution in [-0.2, 0) is 6.18 Å². The molecular formula is C20H16ClF3N4O. The van der Waals surface area contributed by atoms with Gasteiger partial charge in [-0.25, -0.2) is 9.97 Å².